The molecule has 0 aliphatic heterocycles. The van der Waals surface area contributed by atoms with Gasteiger partial charge in [-0.1, -0.05) is 6.07 Å². The molecule has 0 aromatic carbocycles. The Bertz CT molecular complexity index is 743. The molecule has 2 aromatic rings. The van der Waals surface area contributed by atoms with Gasteiger partial charge in [0.25, 0.3) is 5.56 Å². The molecule has 0 saturated heterocycles. The van der Waals surface area contributed by atoms with Crippen LogP contribution in [0.3, 0.4) is 0 Å². The lowest BCUT2D eigenvalue weighted by Gasteiger charge is -2.13. The van der Waals surface area contributed by atoms with Crippen LogP contribution in [0.15, 0.2) is 33.5 Å². The number of halogens is 3. The summed E-state index contributed by atoms with van der Waals surface area (Å²) in [5, 5.41) is 8.87. The Hall–Kier alpha value is -2.51. The summed E-state index contributed by atoms with van der Waals surface area (Å²) in [4.78, 5) is 22.5. The van der Waals surface area contributed by atoms with Gasteiger partial charge in [-0.05, 0) is 19.1 Å². The average molecular weight is 301 g/mol. The Balaban J connectivity index is 2.47. The molecule has 0 spiro atoms. The van der Waals surface area contributed by atoms with Crippen molar-refractivity contribution in [2.24, 2.45) is 0 Å². The molecule has 0 saturated carbocycles. The van der Waals surface area contributed by atoms with Crippen molar-refractivity contribution < 1.29 is 27.5 Å². The van der Waals surface area contributed by atoms with Crippen molar-refractivity contribution in [3.05, 3.63) is 57.4 Å². The predicted octanol–water partition coefficient (Wildman–Crippen LogP) is 2.52. The summed E-state index contributed by atoms with van der Waals surface area (Å²) in [5.41, 5.74) is -2.13. The monoisotopic (exact) mass is 301 g/mol. The number of carboxylic acids is 1. The SMILES string of the molecule is Cc1oc(Cn2c(C(F)(F)F)cccc2=O)cc1C(=O)O. The van der Waals surface area contributed by atoms with Crippen molar-refractivity contribution in [2.45, 2.75) is 19.6 Å². The number of aryl methyl sites for hydroxylation is 1. The second-order valence-corrected chi connectivity index (χ2v) is 4.32. The van der Waals surface area contributed by atoms with E-state index in [1.54, 1.807) is 0 Å². The van der Waals surface area contributed by atoms with Gasteiger partial charge in [-0.25, -0.2) is 4.79 Å². The molecule has 0 aliphatic carbocycles. The Kier molecular flexibility index (Phi) is 3.63. The van der Waals surface area contributed by atoms with Crippen LogP contribution in [0.4, 0.5) is 13.2 Å². The Morgan fingerprint density at radius 3 is 2.57 bits per heavy atom. The Labute approximate surface area is 116 Å². The average Bonchev–Trinajstić information content (AvgIpc) is 2.71. The van der Waals surface area contributed by atoms with Gasteiger partial charge in [-0.2, -0.15) is 13.2 Å². The van der Waals surface area contributed by atoms with Crippen molar-refractivity contribution in [1.82, 2.24) is 4.57 Å². The fraction of sp³-hybridized carbons (Fsp3) is 0.231. The third kappa shape index (κ3) is 2.99. The van der Waals surface area contributed by atoms with Gasteiger partial charge in [0.1, 0.15) is 22.8 Å². The van der Waals surface area contributed by atoms with Gasteiger partial charge in [0.05, 0.1) is 6.54 Å². The molecule has 8 heteroatoms. The van der Waals surface area contributed by atoms with Gasteiger partial charge in [-0.15, -0.1) is 0 Å². The Morgan fingerprint density at radius 2 is 2.05 bits per heavy atom. The summed E-state index contributed by atoms with van der Waals surface area (Å²) in [7, 11) is 0. The summed E-state index contributed by atoms with van der Waals surface area (Å²) in [5.74, 6) is -1.22. The summed E-state index contributed by atoms with van der Waals surface area (Å²) >= 11 is 0. The largest absolute Gasteiger partial charge is 0.478 e. The number of pyridine rings is 1. The number of furan rings is 1. The third-order valence-electron chi connectivity index (χ3n) is 2.85. The van der Waals surface area contributed by atoms with E-state index in [1.165, 1.54) is 6.92 Å². The molecule has 2 rings (SSSR count). The van der Waals surface area contributed by atoms with E-state index in [9.17, 15) is 22.8 Å². The van der Waals surface area contributed by atoms with Gasteiger partial charge in [0, 0.05) is 6.07 Å². The van der Waals surface area contributed by atoms with Crippen LogP contribution >= 0.6 is 0 Å². The highest BCUT2D eigenvalue weighted by atomic mass is 19.4. The first-order valence-corrected chi connectivity index (χ1v) is 5.80. The lowest BCUT2D eigenvalue weighted by Crippen LogP contribution is -2.27. The highest BCUT2D eigenvalue weighted by Crippen LogP contribution is 2.28. The number of carboxylic acid groups (broad SMARTS) is 1. The third-order valence-corrected chi connectivity index (χ3v) is 2.85. The molecule has 21 heavy (non-hydrogen) atoms. The van der Waals surface area contributed by atoms with E-state index in [1.807, 2.05) is 0 Å². The van der Waals surface area contributed by atoms with E-state index in [4.69, 9.17) is 9.52 Å². The quantitative estimate of drug-likeness (QED) is 0.945. The number of carbonyl (C=O) groups is 1. The molecule has 0 bridgehead atoms. The topological polar surface area (TPSA) is 72.4 Å². The molecule has 0 fully saturated rings. The first-order valence-electron chi connectivity index (χ1n) is 5.80. The van der Waals surface area contributed by atoms with Crippen LogP contribution in [0.5, 0.6) is 0 Å². The van der Waals surface area contributed by atoms with Crippen molar-refractivity contribution >= 4 is 5.97 Å². The summed E-state index contributed by atoms with van der Waals surface area (Å²) < 4.78 is 44.2. The van der Waals surface area contributed by atoms with E-state index in [0.717, 1.165) is 24.3 Å². The van der Waals surface area contributed by atoms with Gasteiger partial charge in [0.15, 0.2) is 0 Å². The zero-order chi connectivity index (χ0) is 15.8. The summed E-state index contributed by atoms with van der Waals surface area (Å²) in [6, 6.07) is 3.88. The standard InChI is InChI=1S/C13H10F3NO4/c1-7-9(12(19)20)5-8(21-7)6-17-10(13(14,15)16)3-2-4-11(17)18/h2-5H,6H2,1H3,(H,19,20). The van der Waals surface area contributed by atoms with Gasteiger partial charge in [-0.3, -0.25) is 9.36 Å². The maximum absolute atomic E-state index is 12.9. The molecule has 0 radical (unpaired) electrons. The molecule has 5 nitrogen and oxygen atoms in total. The minimum atomic E-state index is -4.70. The zero-order valence-corrected chi connectivity index (χ0v) is 10.8. The van der Waals surface area contributed by atoms with Gasteiger partial charge < -0.3 is 9.52 Å². The molecular weight excluding hydrogens is 291 g/mol. The van der Waals surface area contributed by atoms with E-state index in [-0.39, 0.29) is 17.1 Å². The molecule has 0 atom stereocenters. The smallest absolute Gasteiger partial charge is 0.431 e. The lowest BCUT2D eigenvalue weighted by atomic mass is 10.2. The molecule has 112 valence electrons. The number of hydrogen-bond donors (Lipinski definition) is 1. The molecule has 2 heterocycles. The molecule has 0 unspecified atom stereocenters. The lowest BCUT2D eigenvalue weighted by molar-refractivity contribution is -0.144. The van der Waals surface area contributed by atoms with Crippen LogP contribution in [-0.2, 0) is 12.7 Å². The molecule has 2 aromatic heterocycles. The minimum Gasteiger partial charge on any atom is -0.478 e. The van der Waals surface area contributed by atoms with Crippen molar-refractivity contribution in [3.8, 4) is 0 Å². The van der Waals surface area contributed by atoms with Crippen LogP contribution in [0.2, 0.25) is 0 Å². The predicted molar refractivity (Wildman–Crippen MR) is 65.2 cm³/mol. The van der Waals surface area contributed by atoms with Crippen LogP contribution in [0.25, 0.3) is 0 Å². The van der Waals surface area contributed by atoms with Crippen molar-refractivity contribution in [2.75, 3.05) is 0 Å². The fourth-order valence-corrected chi connectivity index (χ4v) is 1.92. The number of rotatable bonds is 3. The Morgan fingerprint density at radius 1 is 1.38 bits per heavy atom. The van der Waals surface area contributed by atoms with Crippen LogP contribution in [-0.4, -0.2) is 15.6 Å². The molecule has 0 aliphatic rings. The normalized spacial score (nSPS) is 11.6. The minimum absolute atomic E-state index is 0.0382. The number of aromatic nitrogens is 1. The van der Waals surface area contributed by atoms with Gasteiger partial charge in [0.2, 0.25) is 0 Å². The zero-order valence-electron chi connectivity index (χ0n) is 10.8. The molecular formula is C13H10F3NO4. The highest BCUT2D eigenvalue weighted by molar-refractivity contribution is 5.88. The van der Waals surface area contributed by atoms with E-state index in [2.05, 4.69) is 0 Å². The fourth-order valence-electron chi connectivity index (χ4n) is 1.92. The number of alkyl halides is 3. The van der Waals surface area contributed by atoms with Crippen LogP contribution in [0.1, 0.15) is 27.6 Å². The maximum Gasteiger partial charge on any atom is 0.431 e. The molecule has 1 N–H and O–H groups in total. The van der Waals surface area contributed by atoms with Gasteiger partial charge >= 0.3 is 12.1 Å². The first kappa shape index (κ1) is 14.9. The second-order valence-electron chi connectivity index (χ2n) is 4.32. The summed E-state index contributed by atoms with van der Waals surface area (Å²) in [6.45, 7) is 0.883. The summed E-state index contributed by atoms with van der Waals surface area (Å²) in [6.07, 6.45) is -4.70. The van der Waals surface area contributed by atoms with Crippen molar-refractivity contribution in [3.63, 3.8) is 0 Å². The number of aromatic carboxylic acids is 1. The van der Waals surface area contributed by atoms with E-state index in [0.29, 0.717) is 4.57 Å². The maximum atomic E-state index is 12.9. The first-order chi connectivity index (χ1) is 9.70. The number of hydrogen-bond acceptors (Lipinski definition) is 3. The molecule has 0 amide bonds. The van der Waals surface area contributed by atoms with Crippen LogP contribution in [0, 0.1) is 6.92 Å². The van der Waals surface area contributed by atoms with E-state index < -0.39 is 29.9 Å². The van der Waals surface area contributed by atoms with E-state index >= 15 is 0 Å². The van der Waals surface area contributed by atoms with Crippen molar-refractivity contribution in [1.29, 1.82) is 0 Å². The second kappa shape index (κ2) is 5.12. The number of nitrogens with zero attached hydrogens (tertiary/aromatic N) is 1. The highest BCUT2D eigenvalue weighted by Gasteiger charge is 2.34. The van der Waals surface area contributed by atoms with Crippen LogP contribution < -0.4 is 5.56 Å².